The summed E-state index contributed by atoms with van der Waals surface area (Å²) in [5, 5.41) is 0. The van der Waals surface area contributed by atoms with Crippen molar-refractivity contribution in [3.8, 4) is 17.2 Å². The van der Waals surface area contributed by atoms with Crippen LogP contribution in [0.3, 0.4) is 0 Å². The molecule has 0 aromatic heterocycles. The smallest absolute Gasteiger partial charge is 0.175 e. The van der Waals surface area contributed by atoms with E-state index in [1.165, 1.54) is 16.8 Å². The molecule has 1 aliphatic heterocycles. The van der Waals surface area contributed by atoms with Crippen molar-refractivity contribution in [1.82, 2.24) is 0 Å². The van der Waals surface area contributed by atoms with E-state index in [1.807, 2.05) is 12.1 Å². The Kier molecular flexibility index (Phi) is 7.02. The number of benzene rings is 2. The molecule has 0 amide bonds. The molecule has 1 aliphatic rings. The van der Waals surface area contributed by atoms with E-state index in [0.717, 1.165) is 47.7 Å². The molecule has 2 aromatic rings. The van der Waals surface area contributed by atoms with Crippen LogP contribution in [0.4, 0.5) is 5.69 Å². The molecular weight excluding hydrogens is 450 g/mol. The van der Waals surface area contributed by atoms with Gasteiger partial charge in [0, 0.05) is 18.8 Å². The molecule has 1 heterocycles. The first-order valence-electron chi connectivity index (χ1n) is 7.99. The van der Waals surface area contributed by atoms with Crippen LogP contribution in [0.15, 0.2) is 34.8 Å². The zero-order valence-corrected chi connectivity index (χ0v) is 18.0. The Morgan fingerprint density at radius 1 is 0.920 bits per heavy atom. The topological polar surface area (TPSA) is 30.9 Å². The molecule has 0 saturated carbocycles. The van der Waals surface area contributed by atoms with Gasteiger partial charge in [0.1, 0.15) is 5.75 Å². The summed E-state index contributed by atoms with van der Waals surface area (Å²) in [7, 11) is 5.04. The van der Waals surface area contributed by atoms with Gasteiger partial charge in [0.05, 0.1) is 25.8 Å². The maximum absolute atomic E-state index is 5.51. The highest BCUT2D eigenvalue weighted by Gasteiger charge is 2.21. The second-order valence-electron chi connectivity index (χ2n) is 5.75. The van der Waals surface area contributed by atoms with Gasteiger partial charge in [0.2, 0.25) is 0 Å². The van der Waals surface area contributed by atoms with Crippen molar-refractivity contribution >= 4 is 38.6 Å². The largest absolute Gasteiger partial charge is 0.497 e. The minimum absolute atomic E-state index is 0. The second-order valence-corrected chi connectivity index (χ2v) is 6.54. The Morgan fingerprint density at radius 2 is 1.60 bits per heavy atom. The van der Waals surface area contributed by atoms with E-state index in [2.05, 4.69) is 39.0 Å². The van der Waals surface area contributed by atoms with Gasteiger partial charge in [-0.25, -0.2) is 0 Å². The summed E-state index contributed by atoms with van der Waals surface area (Å²) >= 11 is 3.71. The molecular formula is C19H23Br2NO3. The average molecular weight is 473 g/mol. The highest BCUT2D eigenvalue weighted by Crippen LogP contribution is 2.41. The Bertz CT molecular complexity index is 720. The number of halogens is 2. The van der Waals surface area contributed by atoms with E-state index in [9.17, 15) is 0 Å². The fourth-order valence-corrected chi connectivity index (χ4v) is 4.01. The van der Waals surface area contributed by atoms with Crippen LogP contribution in [-0.2, 0) is 12.8 Å². The Morgan fingerprint density at radius 3 is 2.20 bits per heavy atom. The lowest BCUT2D eigenvalue weighted by Crippen LogP contribution is -2.25. The quantitative estimate of drug-likeness (QED) is 0.647. The van der Waals surface area contributed by atoms with Crippen LogP contribution in [0, 0.1) is 0 Å². The molecule has 0 saturated heterocycles. The SMILES string of the molecule is Br.COc1ccc(N2CCc3cc(OC)c(OC)c(Br)c3CC2)cc1. The maximum atomic E-state index is 5.51. The monoisotopic (exact) mass is 471 g/mol. The number of methoxy groups -OCH3 is 3. The van der Waals surface area contributed by atoms with Crippen molar-refractivity contribution in [2.75, 3.05) is 39.3 Å². The van der Waals surface area contributed by atoms with Crippen LogP contribution in [0.25, 0.3) is 0 Å². The predicted molar refractivity (Wildman–Crippen MR) is 110 cm³/mol. The zero-order valence-electron chi connectivity index (χ0n) is 14.7. The summed E-state index contributed by atoms with van der Waals surface area (Å²) in [6, 6.07) is 10.4. The lowest BCUT2D eigenvalue weighted by atomic mass is 10.0. The summed E-state index contributed by atoms with van der Waals surface area (Å²) in [5.41, 5.74) is 3.85. The molecule has 2 aromatic carbocycles. The van der Waals surface area contributed by atoms with Crippen LogP contribution in [-0.4, -0.2) is 34.4 Å². The van der Waals surface area contributed by atoms with Crippen LogP contribution in [0.5, 0.6) is 17.2 Å². The van der Waals surface area contributed by atoms with Crippen LogP contribution in [0.2, 0.25) is 0 Å². The van der Waals surface area contributed by atoms with Crippen molar-refractivity contribution < 1.29 is 14.2 Å². The first-order valence-corrected chi connectivity index (χ1v) is 8.78. The summed E-state index contributed by atoms with van der Waals surface area (Å²) in [6.07, 6.45) is 1.93. The molecule has 3 rings (SSSR count). The molecule has 0 fully saturated rings. The van der Waals surface area contributed by atoms with E-state index < -0.39 is 0 Å². The van der Waals surface area contributed by atoms with Gasteiger partial charge in [0.25, 0.3) is 0 Å². The van der Waals surface area contributed by atoms with Gasteiger partial charge in [-0.05, 0) is 70.2 Å². The molecule has 0 aliphatic carbocycles. The molecule has 4 nitrogen and oxygen atoms in total. The maximum Gasteiger partial charge on any atom is 0.175 e. The molecule has 0 bridgehead atoms. The molecule has 0 unspecified atom stereocenters. The summed E-state index contributed by atoms with van der Waals surface area (Å²) in [6.45, 7) is 1.94. The lowest BCUT2D eigenvalue weighted by Gasteiger charge is -2.22. The van der Waals surface area contributed by atoms with E-state index >= 15 is 0 Å². The number of anilines is 1. The van der Waals surface area contributed by atoms with E-state index in [1.54, 1.807) is 21.3 Å². The van der Waals surface area contributed by atoms with Crippen LogP contribution in [0.1, 0.15) is 11.1 Å². The van der Waals surface area contributed by atoms with Crippen molar-refractivity contribution in [1.29, 1.82) is 0 Å². The Balaban J connectivity index is 0.00000225. The Hall–Kier alpha value is -1.40. The molecule has 6 heteroatoms. The van der Waals surface area contributed by atoms with Crippen molar-refractivity contribution in [2.45, 2.75) is 12.8 Å². The summed E-state index contributed by atoms with van der Waals surface area (Å²) in [5.74, 6) is 2.43. The average Bonchev–Trinajstić information content (AvgIpc) is 2.84. The van der Waals surface area contributed by atoms with Crippen LogP contribution >= 0.6 is 32.9 Å². The van der Waals surface area contributed by atoms with Crippen molar-refractivity contribution in [3.63, 3.8) is 0 Å². The molecule has 0 atom stereocenters. The molecule has 25 heavy (non-hydrogen) atoms. The fraction of sp³-hybridized carbons (Fsp3) is 0.368. The van der Waals surface area contributed by atoms with Gasteiger partial charge in [-0.15, -0.1) is 17.0 Å². The van der Waals surface area contributed by atoms with Crippen molar-refractivity contribution in [3.05, 3.63) is 45.9 Å². The van der Waals surface area contributed by atoms with Gasteiger partial charge in [0.15, 0.2) is 11.5 Å². The number of hydrogen-bond donors (Lipinski definition) is 0. The highest BCUT2D eigenvalue weighted by molar-refractivity contribution is 9.10. The molecule has 0 spiro atoms. The van der Waals surface area contributed by atoms with Crippen LogP contribution < -0.4 is 19.1 Å². The summed E-state index contributed by atoms with van der Waals surface area (Å²) in [4.78, 5) is 2.41. The first-order chi connectivity index (χ1) is 11.7. The van der Waals surface area contributed by atoms with E-state index in [4.69, 9.17) is 14.2 Å². The third-order valence-corrected chi connectivity index (χ3v) is 5.36. The van der Waals surface area contributed by atoms with Gasteiger partial charge < -0.3 is 19.1 Å². The third-order valence-electron chi connectivity index (χ3n) is 4.53. The first kappa shape index (κ1) is 19.9. The standard InChI is InChI=1S/C19H22BrNO3.BrH/c1-22-15-6-4-14(5-7-15)21-10-8-13-12-17(23-2)19(24-3)18(20)16(13)9-11-21;/h4-7,12H,8-11H2,1-3H3;1H. The summed E-state index contributed by atoms with van der Waals surface area (Å²) < 4.78 is 17.2. The number of hydrogen-bond acceptors (Lipinski definition) is 4. The lowest BCUT2D eigenvalue weighted by molar-refractivity contribution is 0.352. The van der Waals surface area contributed by atoms with E-state index in [0.29, 0.717) is 0 Å². The third kappa shape index (κ3) is 4.06. The second kappa shape index (κ2) is 8.81. The van der Waals surface area contributed by atoms with Gasteiger partial charge in [-0.2, -0.15) is 0 Å². The molecule has 0 N–H and O–H groups in total. The minimum Gasteiger partial charge on any atom is -0.497 e. The fourth-order valence-electron chi connectivity index (χ4n) is 3.20. The molecule has 136 valence electrons. The number of fused-ring (bicyclic) bond motifs is 1. The van der Waals surface area contributed by atoms with Gasteiger partial charge >= 0.3 is 0 Å². The van der Waals surface area contributed by atoms with Crippen molar-refractivity contribution in [2.24, 2.45) is 0 Å². The normalized spacial score (nSPS) is 13.4. The number of ether oxygens (including phenoxy) is 3. The zero-order chi connectivity index (χ0) is 17.1. The number of nitrogens with zero attached hydrogens (tertiary/aromatic N) is 1. The van der Waals surface area contributed by atoms with E-state index in [-0.39, 0.29) is 17.0 Å². The van der Waals surface area contributed by atoms with Gasteiger partial charge in [-0.3, -0.25) is 0 Å². The Labute approximate surface area is 168 Å². The minimum atomic E-state index is 0. The number of rotatable bonds is 4. The predicted octanol–water partition coefficient (Wildman–Crippen LogP) is 4.66. The highest BCUT2D eigenvalue weighted by atomic mass is 79.9. The molecule has 0 radical (unpaired) electrons. The van der Waals surface area contributed by atoms with Gasteiger partial charge in [-0.1, -0.05) is 0 Å².